The Labute approximate surface area is 317 Å². The first-order valence-corrected chi connectivity index (χ1v) is 5.70. The van der Waals surface area contributed by atoms with Crippen LogP contribution in [-0.2, 0) is 0 Å². The Morgan fingerprint density at radius 2 is 0.846 bits per heavy atom. The number of carboxylic acids is 4. The van der Waals surface area contributed by atoms with Crippen molar-refractivity contribution in [3.8, 4) is 0 Å². The van der Waals surface area contributed by atoms with Crippen molar-refractivity contribution in [3.63, 3.8) is 0 Å². The standard InChI is InChI=1S/C14H8O8.4K/c15-11(16)6-3-1-5-2-4-7(12(17)18)10(14(21)22)8(5)9(6)13(19)20;;;;/h1-4H,(H,15,16)(H,17,18)(H,19,20)(H,21,22);;;;/q;4*+1/p-4. The van der Waals surface area contributed by atoms with E-state index in [-0.39, 0.29) is 211 Å². The van der Waals surface area contributed by atoms with E-state index in [0.717, 1.165) is 24.3 Å². The van der Waals surface area contributed by atoms with Crippen molar-refractivity contribution in [2.24, 2.45) is 0 Å². The summed E-state index contributed by atoms with van der Waals surface area (Å²) in [5.41, 5.74) is -3.68. The van der Waals surface area contributed by atoms with Gasteiger partial charge in [-0.25, -0.2) is 0 Å². The summed E-state index contributed by atoms with van der Waals surface area (Å²) in [6.07, 6.45) is 0. The van der Waals surface area contributed by atoms with Crippen LogP contribution in [0.5, 0.6) is 0 Å². The van der Waals surface area contributed by atoms with Crippen LogP contribution in [-0.4, -0.2) is 23.9 Å². The molecular formula is C14H4K4O8. The number of aromatic carboxylic acids is 4. The van der Waals surface area contributed by atoms with Gasteiger partial charge in [0.25, 0.3) is 0 Å². The summed E-state index contributed by atoms with van der Waals surface area (Å²) in [7, 11) is 0. The number of carbonyl (C=O) groups excluding carboxylic acids is 4. The zero-order chi connectivity index (χ0) is 16.6. The molecule has 0 fully saturated rings. The third-order valence-electron chi connectivity index (χ3n) is 3.03. The van der Waals surface area contributed by atoms with Gasteiger partial charge in [-0.05, 0) is 5.39 Å². The Kier molecular flexibility index (Phi) is 19.5. The predicted molar refractivity (Wildman–Crippen MR) is 61.3 cm³/mol. The molecule has 0 spiro atoms. The molecule has 0 bridgehead atoms. The molecule has 2 aromatic rings. The van der Waals surface area contributed by atoms with Crippen molar-refractivity contribution >= 4 is 34.6 Å². The Morgan fingerprint density at radius 3 is 1.08 bits per heavy atom. The molecule has 0 aliphatic carbocycles. The van der Waals surface area contributed by atoms with E-state index in [0.29, 0.717) is 0 Å². The molecule has 0 aromatic heterocycles. The summed E-state index contributed by atoms with van der Waals surface area (Å²) < 4.78 is 0. The van der Waals surface area contributed by atoms with Gasteiger partial charge in [-0.15, -0.1) is 0 Å². The van der Waals surface area contributed by atoms with E-state index in [9.17, 15) is 39.6 Å². The first-order valence-electron chi connectivity index (χ1n) is 5.70. The third kappa shape index (κ3) is 7.67. The molecule has 0 aliphatic heterocycles. The van der Waals surface area contributed by atoms with E-state index < -0.39 is 51.5 Å². The topological polar surface area (TPSA) is 161 Å². The molecule has 8 nitrogen and oxygen atoms in total. The molecule has 26 heavy (non-hydrogen) atoms. The van der Waals surface area contributed by atoms with Gasteiger partial charge >= 0.3 is 206 Å². The molecule has 0 N–H and O–H groups in total. The van der Waals surface area contributed by atoms with Crippen molar-refractivity contribution in [1.82, 2.24) is 0 Å². The van der Waals surface area contributed by atoms with E-state index in [1.54, 1.807) is 0 Å². The fraction of sp³-hybridized carbons (Fsp3) is 0. The summed E-state index contributed by atoms with van der Waals surface area (Å²) in [6, 6.07) is 4.00. The van der Waals surface area contributed by atoms with Gasteiger partial charge in [0, 0.05) is 27.6 Å². The van der Waals surface area contributed by atoms with Gasteiger partial charge in [0.2, 0.25) is 0 Å². The van der Waals surface area contributed by atoms with Gasteiger partial charge in [0.1, 0.15) is 0 Å². The Bertz CT molecular complexity index is 799. The maximum Gasteiger partial charge on any atom is 1.00 e. The van der Waals surface area contributed by atoms with Crippen molar-refractivity contribution in [2.75, 3.05) is 0 Å². The van der Waals surface area contributed by atoms with Crippen LogP contribution in [0.15, 0.2) is 24.3 Å². The number of rotatable bonds is 4. The van der Waals surface area contributed by atoms with Crippen molar-refractivity contribution in [3.05, 3.63) is 46.5 Å². The molecule has 0 atom stereocenters. The van der Waals surface area contributed by atoms with Gasteiger partial charge in [0.05, 0.1) is 23.9 Å². The first kappa shape index (κ1) is 33.8. The molecule has 2 aromatic carbocycles. The molecule has 0 radical (unpaired) electrons. The molecule has 0 amide bonds. The number of fused-ring (bicyclic) bond motifs is 1. The van der Waals surface area contributed by atoms with E-state index in [1.807, 2.05) is 0 Å². The van der Waals surface area contributed by atoms with Crippen LogP contribution in [0, 0.1) is 0 Å². The van der Waals surface area contributed by atoms with E-state index in [4.69, 9.17) is 0 Å². The fourth-order valence-electron chi connectivity index (χ4n) is 2.18. The van der Waals surface area contributed by atoms with E-state index >= 15 is 0 Å². The fourth-order valence-corrected chi connectivity index (χ4v) is 2.18. The zero-order valence-corrected chi connectivity index (χ0v) is 27.1. The number of carbonyl (C=O) groups is 4. The molecule has 0 heterocycles. The zero-order valence-electron chi connectivity index (χ0n) is 14.6. The summed E-state index contributed by atoms with van der Waals surface area (Å²) in [4.78, 5) is 44.4. The van der Waals surface area contributed by atoms with Crippen LogP contribution in [0.25, 0.3) is 10.8 Å². The maximum absolute atomic E-state index is 11.2. The van der Waals surface area contributed by atoms with Gasteiger partial charge < -0.3 is 39.6 Å². The van der Waals surface area contributed by atoms with Crippen LogP contribution in [0.4, 0.5) is 0 Å². The van der Waals surface area contributed by atoms with Crippen LogP contribution >= 0.6 is 0 Å². The second-order valence-corrected chi connectivity index (χ2v) is 4.22. The molecular weight excluding hydrogens is 453 g/mol. The average molecular weight is 457 g/mol. The minimum Gasteiger partial charge on any atom is -0.545 e. The summed E-state index contributed by atoms with van der Waals surface area (Å²) in [6.45, 7) is 0. The third-order valence-corrected chi connectivity index (χ3v) is 3.03. The second-order valence-electron chi connectivity index (χ2n) is 4.22. The molecule has 2 rings (SSSR count). The average Bonchev–Trinajstić information content (AvgIpc) is 2.43. The van der Waals surface area contributed by atoms with Crippen molar-refractivity contribution in [2.45, 2.75) is 0 Å². The minimum absolute atomic E-state index is 0. The van der Waals surface area contributed by atoms with Crippen LogP contribution < -0.4 is 226 Å². The normalized spacial score (nSPS) is 8.77. The Hall–Kier alpha value is 3.13. The largest absolute Gasteiger partial charge is 1.00 e. The number of carboxylic acid groups (broad SMARTS) is 4. The van der Waals surface area contributed by atoms with Crippen LogP contribution in [0.3, 0.4) is 0 Å². The summed E-state index contributed by atoms with van der Waals surface area (Å²) in [5.74, 6) is -7.76. The van der Waals surface area contributed by atoms with Crippen LogP contribution in [0.1, 0.15) is 41.4 Å². The van der Waals surface area contributed by atoms with Gasteiger partial charge in [-0.2, -0.15) is 0 Å². The van der Waals surface area contributed by atoms with Crippen LogP contribution in [0.2, 0.25) is 0 Å². The number of hydrogen-bond donors (Lipinski definition) is 0. The summed E-state index contributed by atoms with van der Waals surface area (Å²) >= 11 is 0. The monoisotopic (exact) mass is 456 g/mol. The number of hydrogen-bond acceptors (Lipinski definition) is 8. The van der Waals surface area contributed by atoms with Crippen molar-refractivity contribution in [1.29, 1.82) is 0 Å². The molecule has 12 heteroatoms. The smallest absolute Gasteiger partial charge is 0.545 e. The SMILES string of the molecule is O=C([O-])c1ccc2ccc(C(=O)[O-])c(C(=O)[O-])c2c1C(=O)[O-].[K+].[K+].[K+].[K+]. The summed E-state index contributed by atoms with van der Waals surface area (Å²) in [5, 5.41) is 43.7. The van der Waals surface area contributed by atoms with E-state index in [2.05, 4.69) is 0 Å². The Balaban J connectivity index is -0.00000132. The predicted octanol–water partition coefficient (Wildman–Crippen LogP) is -15.7. The number of benzene rings is 2. The molecule has 112 valence electrons. The second kappa shape index (κ2) is 15.0. The van der Waals surface area contributed by atoms with Crippen molar-refractivity contribution < 1.29 is 245 Å². The Morgan fingerprint density at radius 1 is 0.538 bits per heavy atom. The van der Waals surface area contributed by atoms with Gasteiger partial charge in [-0.3, -0.25) is 0 Å². The van der Waals surface area contributed by atoms with Gasteiger partial charge in [-0.1, -0.05) is 24.3 Å². The first-order chi connectivity index (χ1) is 10.3. The van der Waals surface area contributed by atoms with E-state index in [1.165, 1.54) is 0 Å². The maximum atomic E-state index is 11.2. The van der Waals surface area contributed by atoms with Gasteiger partial charge in [0.15, 0.2) is 0 Å². The molecule has 0 aliphatic rings. The molecule has 0 unspecified atom stereocenters. The quantitative estimate of drug-likeness (QED) is 0.410. The molecule has 0 saturated carbocycles. The minimum atomic E-state index is -2.00. The molecule has 0 saturated heterocycles.